The molecule has 2 N–H and O–H groups in total. The number of aliphatic carboxylic acids is 1. The van der Waals surface area contributed by atoms with Gasteiger partial charge < -0.3 is 10.4 Å². The van der Waals surface area contributed by atoms with Gasteiger partial charge in [0.2, 0.25) is 5.91 Å². The second-order valence-corrected chi connectivity index (χ2v) is 17.6. The molecule has 2 aromatic heterocycles. The summed E-state index contributed by atoms with van der Waals surface area (Å²) in [7, 11) is 0. The van der Waals surface area contributed by atoms with Gasteiger partial charge in [0.1, 0.15) is 0 Å². The van der Waals surface area contributed by atoms with Crippen molar-refractivity contribution < 1.29 is 14.7 Å². The lowest BCUT2D eigenvalue weighted by Gasteiger charge is -2.50. The van der Waals surface area contributed by atoms with E-state index in [2.05, 4.69) is 126 Å². The van der Waals surface area contributed by atoms with Crippen LogP contribution in [0.1, 0.15) is 106 Å². The predicted molar refractivity (Wildman–Crippen MR) is 229 cm³/mol. The molecule has 0 aliphatic heterocycles. The number of fused-ring (bicyclic) bond motifs is 2. The molecule has 286 valence electrons. The van der Waals surface area contributed by atoms with Crippen LogP contribution in [0, 0.1) is 10.8 Å². The number of nitrogens with zero attached hydrogens (tertiary/aromatic N) is 2. The number of carboxylic acids is 1. The number of carboxylic acid groups (broad SMARTS) is 1. The molecule has 0 spiro atoms. The lowest BCUT2D eigenvalue weighted by Crippen LogP contribution is -2.47. The topological polar surface area (TPSA) is 92.2 Å². The number of aromatic nitrogens is 2. The Balaban J connectivity index is 0.000000171. The Bertz CT molecular complexity index is 2610. The summed E-state index contributed by atoms with van der Waals surface area (Å²) in [6, 6.07) is 46.5. The maximum absolute atomic E-state index is 13.9. The summed E-state index contributed by atoms with van der Waals surface area (Å²) in [6.07, 6.45) is 5.85. The molecule has 6 aliphatic carbocycles. The maximum Gasteiger partial charge on any atom is 0.310 e. The fourth-order valence-electron chi connectivity index (χ4n) is 10.6. The zero-order chi connectivity index (χ0) is 39.6. The van der Waals surface area contributed by atoms with E-state index in [1.807, 2.05) is 49.0 Å². The summed E-state index contributed by atoms with van der Waals surface area (Å²) in [5.74, 6) is -0.162. The number of carbonyl (C=O) groups excluding carboxylic acids is 1. The molecule has 1 amide bonds. The molecule has 7 heteroatoms. The van der Waals surface area contributed by atoms with Crippen molar-refractivity contribution in [1.82, 2.24) is 9.97 Å². The van der Waals surface area contributed by atoms with Crippen molar-refractivity contribution in [3.63, 3.8) is 0 Å². The minimum absolute atomic E-state index is 0.0302. The lowest BCUT2D eigenvalue weighted by molar-refractivity contribution is -0.150. The predicted octanol–water partition coefficient (Wildman–Crippen LogP) is 11.2. The Hall–Kier alpha value is -6.18. The second-order valence-electron chi connectivity index (χ2n) is 16.7. The number of hydrogen-bond acceptors (Lipinski definition) is 5. The van der Waals surface area contributed by atoms with Crippen LogP contribution in [-0.4, -0.2) is 27.0 Å². The van der Waals surface area contributed by atoms with Crippen LogP contribution in [0.4, 0.5) is 5.13 Å². The number of thiazole rings is 1. The molecule has 4 bridgehead atoms. The average molecular weight is 778 g/mol. The molecule has 7 aromatic rings. The van der Waals surface area contributed by atoms with Crippen molar-refractivity contribution in [2.75, 3.05) is 5.32 Å². The van der Waals surface area contributed by atoms with Gasteiger partial charge in [-0.25, -0.2) is 4.98 Å². The van der Waals surface area contributed by atoms with Crippen LogP contribution in [0.3, 0.4) is 0 Å². The highest BCUT2D eigenvalue weighted by molar-refractivity contribution is 7.13. The molecular formula is C51H43N3O3S. The van der Waals surface area contributed by atoms with Gasteiger partial charge in [-0.15, -0.1) is 11.3 Å². The maximum atomic E-state index is 13.9. The molecule has 58 heavy (non-hydrogen) atoms. The summed E-state index contributed by atoms with van der Waals surface area (Å²) in [5, 5.41) is 15.7. The van der Waals surface area contributed by atoms with Gasteiger partial charge >= 0.3 is 5.97 Å². The molecule has 0 saturated heterocycles. The number of pyridine rings is 1. The van der Waals surface area contributed by atoms with Gasteiger partial charge in [-0.05, 0) is 100 Å². The Morgan fingerprint density at radius 2 is 1.05 bits per heavy atom. The van der Waals surface area contributed by atoms with Crippen LogP contribution < -0.4 is 5.32 Å². The molecule has 2 unspecified atom stereocenters. The van der Waals surface area contributed by atoms with E-state index in [1.165, 1.54) is 67.0 Å². The van der Waals surface area contributed by atoms with Crippen LogP contribution in [0.5, 0.6) is 0 Å². The van der Waals surface area contributed by atoms with Gasteiger partial charge in [-0.3, -0.25) is 14.6 Å². The number of carbonyl (C=O) groups is 2. The normalized spacial score (nSPS) is 24.0. The summed E-state index contributed by atoms with van der Waals surface area (Å²) >= 11 is 1.50. The van der Waals surface area contributed by atoms with Crippen LogP contribution in [0.25, 0.3) is 11.1 Å². The minimum atomic E-state index is -0.701. The first-order valence-electron chi connectivity index (χ1n) is 20.1. The van der Waals surface area contributed by atoms with E-state index < -0.39 is 16.8 Å². The zero-order valence-electron chi connectivity index (χ0n) is 32.4. The highest BCUT2D eigenvalue weighted by Gasteiger charge is 2.55. The number of amides is 1. The largest absolute Gasteiger partial charge is 0.481 e. The summed E-state index contributed by atoms with van der Waals surface area (Å²) in [5.41, 5.74) is 13.6. The lowest BCUT2D eigenvalue weighted by atomic mass is 9.52. The van der Waals surface area contributed by atoms with E-state index in [-0.39, 0.29) is 29.6 Å². The van der Waals surface area contributed by atoms with E-state index in [9.17, 15) is 14.7 Å². The molecular weight excluding hydrogens is 735 g/mol. The van der Waals surface area contributed by atoms with E-state index in [0.717, 1.165) is 24.1 Å². The number of hydrogen-bond donors (Lipinski definition) is 2. The van der Waals surface area contributed by atoms with Gasteiger partial charge in [0.05, 0.1) is 16.5 Å². The van der Waals surface area contributed by atoms with Crippen molar-refractivity contribution in [3.8, 4) is 11.1 Å². The molecule has 13 rings (SSSR count). The first-order chi connectivity index (χ1) is 28.2. The minimum Gasteiger partial charge on any atom is -0.481 e. The first-order valence-corrected chi connectivity index (χ1v) is 20.9. The summed E-state index contributed by atoms with van der Waals surface area (Å²) in [4.78, 5) is 34.7. The SMILES string of the molecule is CC1(C(=O)Nc2nc(Cc3ccc(-c4ccncc4)cc3)cs2)CC2c3ccccc3C1c1ccccc12.CC1(C(=O)O)CC2c3ccccc3C1c1ccccc12. The summed E-state index contributed by atoms with van der Waals surface area (Å²) < 4.78 is 0. The number of anilines is 1. The van der Waals surface area contributed by atoms with Crippen molar-refractivity contribution >= 4 is 28.3 Å². The smallest absolute Gasteiger partial charge is 0.310 e. The van der Waals surface area contributed by atoms with Gasteiger partial charge in [-0.1, -0.05) is 121 Å². The third kappa shape index (κ3) is 5.82. The summed E-state index contributed by atoms with van der Waals surface area (Å²) in [6.45, 7) is 4.03. The van der Waals surface area contributed by atoms with Crippen molar-refractivity contribution in [2.45, 2.75) is 56.8 Å². The molecule has 2 atom stereocenters. The van der Waals surface area contributed by atoms with E-state index in [0.29, 0.717) is 11.6 Å². The van der Waals surface area contributed by atoms with Crippen molar-refractivity contribution in [1.29, 1.82) is 0 Å². The molecule has 6 aliphatic rings. The third-order valence-electron chi connectivity index (χ3n) is 13.4. The number of rotatable bonds is 6. The van der Waals surface area contributed by atoms with Gasteiger partial charge in [-0.2, -0.15) is 0 Å². The van der Waals surface area contributed by atoms with E-state index in [1.54, 1.807) is 0 Å². The molecule has 0 saturated carbocycles. The van der Waals surface area contributed by atoms with Crippen molar-refractivity contribution in [3.05, 3.63) is 207 Å². The highest BCUT2D eigenvalue weighted by atomic mass is 32.1. The Morgan fingerprint density at radius 1 is 0.621 bits per heavy atom. The van der Waals surface area contributed by atoms with Crippen LogP contribution >= 0.6 is 11.3 Å². The molecule has 5 aromatic carbocycles. The second kappa shape index (κ2) is 14.0. The van der Waals surface area contributed by atoms with Crippen molar-refractivity contribution in [2.24, 2.45) is 10.8 Å². The van der Waals surface area contributed by atoms with Crippen LogP contribution in [0.2, 0.25) is 0 Å². The van der Waals surface area contributed by atoms with Gasteiger partial charge in [0.25, 0.3) is 0 Å². The standard InChI is InChI=1S/C33H27N3OS.C18H16O2/c1-33(19-29-25-6-2-4-8-27(25)30(33)28-9-5-3-7-26(28)29)31(37)36-32-35-24(20-38-32)18-21-10-12-22(13-11-21)23-14-16-34-17-15-23;1-18(17(19)20)10-15-11-6-2-4-8-13(11)16(18)14-9-5-3-7-12(14)15/h2-17,20,29-30H,18-19H2,1H3,(H,35,36,37);2-9,15-16H,10H2,1H3,(H,19,20). The van der Waals surface area contributed by atoms with E-state index in [4.69, 9.17) is 4.98 Å². The third-order valence-corrected chi connectivity index (χ3v) is 14.2. The van der Waals surface area contributed by atoms with Crippen LogP contribution in [0.15, 0.2) is 151 Å². The Labute approximate surface area is 342 Å². The molecule has 0 fully saturated rings. The number of nitrogens with one attached hydrogen (secondary N) is 1. The fraction of sp³-hybridized carbons (Fsp3) is 0.216. The molecule has 6 nitrogen and oxygen atoms in total. The van der Waals surface area contributed by atoms with Gasteiger partial charge in [0.15, 0.2) is 5.13 Å². The van der Waals surface area contributed by atoms with Gasteiger partial charge in [0, 0.05) is 47.9 Å². The molecule has 2 heterocycles. The highest BCUT2D eigenvalue weighted by Crippen LogP contribution is 2.62. The molecule has 0 radical (unpaired) electrons. The quantitative estimate of drug-likeness (QED) is 0.175. The zero-order valence-corrected chi connectivity index (χ0v) is 33.2. The average Bonchev–Trinajstić information content (AvgIpc) is 3.70. The first kappa shape index (κ1) is 36.2. The monoisotopic (exact) mass is 777 g/mol. The Kier molecular flexibility index (Phi) is 8.75. The number of benzene rings is 5. The van der Waals surface area contributed by atoms with E-state index >= 15 is 0 Å². The Morgan fingerprint density at radius 3 is 1.53 bits per heavy atom. The fourth-order valence-corrected chi connectivity index (χ4v) is 11.3. The van der Waals surface area contributed by atoms with Crippen LogP contribution in [-0.2, 0) is 16.0 Å².